The minimum Gasteiger partial charge on any atom is -0.481 e. The number of carboxylic acid groups (broad SMARTS) is 1. The number of H-pyrrole nitrogens is 1. The van der Waals surface area contributed by atoms with Gasteiger partial charge in [-0.25, -0.2) is 5.10 Å². The minimum absolute atomic E-state index is 0.105. The zero-order chi connectivity index (χ0) is 12.4. The average molecular weight is 258 g/mol. The largest absolute Gasteiger partial charge is 0.481 e. The highest BCUT2D eigenvalue weighted by Gasteiger charge is 2.26. The number of aromatic nitrogens is 2. The minimum atomic E-state index is -0.764. The van der Waals surface area contributed by atoms with Gasteiger partial charge in [-0.15, -0.1) is 0 Å². The zero-order valence-corrected chi connectivity index (χ0v) is 9.78. The van der Waals surface area contributed by atoms with Crippen LogP contribution < -0.4 is 10.5 Å². The summed E-state index contributed by atoms with van der Waals surface area (Å²) in [6.45, 7) is 1.14. The Morgan fingerprint density at radius 3 is 2.76 bits per heavy atom. The molecule has 1 aromatic heterocycles. The van der Waals surface area contributed by atoms with Gasteiger partial charge in [0.1, 0.15) is 5.02 Å². The van der Waals surface area contributed by atoms with Crippen molar-refractivity contribution >= 4 is 23.3 Å². The summed E-state index contributed by atoms with van der Waals surface area (Å²) in [6, 6.07) is 0. The number of hydrogen-bond acceptors (Lipinski definition) is 4. The van der Waals surface area contributed by atoms with Crippen LogP contribution in [-0.2, 0) is 4.79 Å². The molecule has 1 fully saturated rings. The van der Waals surface area contributed by atoms with Gasteiger partial charge in [-0.05, 0) is 12.8 Å². The molecule has 7 heteroatoms. The van der Waals surface area contributed by atoms with Crippen molar-refractivity contribution in [2.24, 2.45) is 5.92 Å². The van der Waals surface area contributed by atoms with E-state index in [0.29, 0.717) is 31.6 Å². The van der Waals surface area contributed by atoms with Gasteiger partial charge >= 0.3 is 5.97 Å². The molecular formula is C10H12ClN3O3. The molecular weight excluding hydrogens is 246 g/mol. The first-order valence-electron chi connectivity index (χ1n) is 5.30. The second kappa shape index (κ2) is 4.75. The lowest BCUT2D eigenvalue weighted by atomic mass is 9.97. The molecule has 0 radical (unpaired) electrons. The van der Waals surface area contributed by atoms with Crippen LogP contribution in [0.2, 0.25) is 5.02 Å². The maximum Gasteiger partial charge on any atom is 0.306 e. The molecule has 0 bridgehead atoms. The van der Waals surface area contributed by atoms with Gasteiger partial charge in [-0.2, -0.15) is 5.10 Å². The van der Waals surface area contributed by atoms with Crippen LogP contribution in [0.3, 0.4) is 0 Å². The predicted octanol–water partition coefficient (Wildman–Crippen LogP) is 0.724. The molecule has 0 spiro atoms. The molecule has 92 valence electrons. The highest BCUT2D eigenvalue weighted by molar-refractivity contribution is 6.32. The number of aromatic amines is 1. The fraction of sp³-hybridized carbons (Fsp3) is 0.500. The van der Waals surface area contributed by atoms with Crippen molar-refractivity contribution < 1.29 is 9.90 Å². The number of nitrogens with one attached hydrogen (secondary N) is 1. The van der Waals surface area contributed by atoms with Crippen molar-refractivity contribution in [1.82, 2.24) is 10.2 Å². The molecule has 17 heavy (non-hydrogen) atoms. The van der Waals surface area contributed by atoms with Crippen molar-refractivity contribution in [3.63, 3.8) is 0 Å². The number of rotatable bonds is 2. The highest BCUT2D eigenvalue weighted by Crippen LogP contribution is 2.26. The van der Waals surface area contributed by atoms with Crippen LogP contribution in [0.4, 0.5) is 5.69 Å². The molecule has 0 aromatic carbocycles. The highest BCUT2D eigenvalue weighted by atomic mass is 35.5. The van der Waals surface area contributed by atoms with Crippen LogP contribution in [0, 0.1) is 5.92 Å². The Labute approximate surface area is 102 Å². The molecule has 0 amide bonds. The first-order valence-corrected chi connectivity index (χ1v) is 5.68. The summed E-state index contributed by atoms with van der Waals surface area (Å²) >= 11 is 5.88. The van der Waals surface area contributed by atoms with Gasteiger partial charge in [0.05, 0.1) is 17.8 Å². The Morgan fingerprint density at radius 1 is 1.53 bits per heavy atom. The van der Waals surface area contributed by atoms with Crippen LogP contribution in [0.1, 0.15) is 12.8 Å². The smallest absolute Gasteiger partial charge is 0.306 e. The predicted molar refractivity (Wildman–Crippen MR) is 62.4 cm³/mol. The summed E-state index contributed by atoms with van der Waals surface area (Å²) in [5.74, 6) is -1.07. The maximum absolute atomic E-state index is 11.3. The third kappa shape index (κ3) is 2.41. The van der Waals surface area contributed by atoms with Crippen molar-refractivity contribution in [2.75, 3.05) is 18.0 Å². The summed E-state index contributed by atoms with van der Waals surface area (Å²) < 4.78 is 0. The summed E-state index contributed by atoms with van der Waals surface area (Å²) in [5.41, 5.74) is 0.142. The van der Waals surface area contributed by atoms with E-state index in [0.717, 1.165) is 0 Å². The number of anilines is 1. The normalized spacial score (nSPS) is 17.1. The van der Waals surface area contributed by atoms with Crippen LogP contribution in [0.5, 0.6) is 0 Å². The molecule has 0 atom stereocenters. The van der Waals surface area contributed by atoms with Gasteiger partial charge in [-0.1, -0.05) is 11.6 Å². The van der Waals surface area contributed by atoms with Gasteiger partial charge in [0.15, 0.2) is 0 Å². The molecule has 0 unspecified atom stereocenters. The van der Waals surface area contributed by atoms with E-state index in [-0.39, 0.29) is 10.9 Å². The standard InChI is InChI=1S/C10H12ClN3O3/c11-8-7(5-12-13-9(8)15)14-3-1-6(2-4-14)10(16)17/h5-6H,1-4H2,(H,13,15)(H,16,17). The quantitative estimate of drug-likeness (QED) is 0.815. The van der Waals surface area contributed by atoms with Crippen molar-refractivity contribution in [3.05, 3.63) is 21.6 Å². The molecule has 2 heterocycles. The van der Waals surface area contributed by atoms with Crippen LogP contribution in [0.25, 0.3) is 0 Å². The summed E-state index contributed by atoms with van der Waals surface area (Å²) in [4.78, 5) is 24.0. The first kappa shape index (κ1) is 11.9. The number of nitrogens with zero attached hydrogens (tertiary/aromatic N) is 2. The molecule has 0 aliphatic carbocycles. The summed E-state index contributed by atoms with van der Waals surface area (Å²) in [7, 11) is 0. The van der Waals surface area contributed by atoms with E-state index < -0.39 is 11.5 Å². The number of carboxylic acids is 1. The van der Waals surface area contributed by atoms with E-state index in [1.54, 1.807) is 0 Å². The molecule has 1 saturated heterocycles. The summed E-state index contributed by atoms with van der Waals surface area (Å²) in [6.07, 6.45) is 2.60. The van der Waals surface area contributed by atoms with E-state index in [9.17, 15) is 9.59 Å². The van der Waals surface area contributed by atoms with Crippen molar-refractivity contribution in [1.29, 1.82) is 0 Å². The Morgan fingerprint density at radius 2 is 2.18 bits per heavy atom. The van der Waals surface area contributed by atoms with E-state index in [4.69, 9.17) is 16.7 Å². The number of piperidine rings is 1. The van der Waals surface area contributed by atoms with Gasteiger partial charge in [0.2, 0.25) is 0 Å². The lowest BCUT2D eigenvalue weighted by Gasteiger charge is -2.31. The second-order valence-corrected chi connectivity index (χ2v) is 4.38. The lowest BCUT2D eigenvalue weighted by molar-refractivity contribution is -0.142. The molecule has 2 rings (SSSR count). The van der Waals surface area contributed by atoms with Crippen molar-refractivity contribution in [2.45, 2.75) is 12.8 Å². The monoisotopic (exact) mass is 257 g/mol. The maximum atomic E-state index is 11.3. The van der Waals surface area contributed by atoms with Gasteiger partial charge in [-0.3, -0.25) is 9.59 Å². The molecule has 6 nitrogen and oxygen atoms in total. The first-order chi connectivity index (χ1) is 8.09. The fourth-order valence-corrected chi connectivity index (χ4v) is 2.17. The average Bonchev–Trinajstić information content (AvgIpc) is 2.33. The molecule has 0 saturated carbocycles. The van der Waals surface area contributed by atoms with E-state index in [1.807, 2.05) is 4.90 Å². The van der Waals surface area contributed by atoms with Crippen LogP contribution in [0.15, 0.2) is 11.0 Å². The second-order valence-electron chi connectivity index (χ2n) is 4.00. The number of halogens is 1. The number of aliphatic carboxylic acids is 1. The Hall–Kier alpha value is -1.56. The SMILES string of the molecule is O=C(O)C1CCN(c2cn[nH]c(=O)c2Cl)CC1. The fourth-order valence-electron chi connectivity index (χ4n) is 1.96. The Bertz CT molecular complexity index is 480. The van der Waals surface area contributed by atoms with E-state index in [1.165, 1.54) is 6.20 Å². The van der Waals surface area contributed by atoms with Gasteiger partial charge in [0.25, 0.3) is 5.56 Å². The zero-order valence-electron chi connectivity index (χ0n) is 9.02. The van der Waals surface area contributed by atoms with Crippen LogP contribution >= 0.6 is 11.6 Å². The molecule has 1 aromatic rings. The summed E-state index contributed by atoms with van der Waals surface area (Å²) in [5, 5.41) is 14.9. The van der Waals surface area contributed by atoms with Gasteiger partial charge < -0.3 is 10.0 Å². The molecule has 1 aliphatic heterocycles. The molecule has 1 aliphatic rings. The third-order valence-corrected chi connectivity index (χ3v) is 3.33. The number of carbonyl (C=O) groups is 1. The van der Waals surface area contributed by atoms with Crippen molar-refractivity contribution in [3.8, 4) is 0 Å². The lowest BCUT2D eigenvalue weighted by Crippen LogP contribution is -2.37. The topological polar surface area (TPSA) is 86.3 Å². The Kier molecular flexibility index (Phi) is 3.33. The Balaban J connectivity index is 2.13. The number of hydrogen-bond donors (Lipinski definition) is 2. The van der Waals surface area contributed by atoms with Gasteiger partial charge in [0, 0.05) is 13.1 Å². The van der Waals surface area contributed by atoms with E-state index in [2.05, 4.69) is 10.2 Å². The molecule has 2 N–H and O–H groups in total. The van der Waals surface area contributed by atoms with E-state index >= 15 is 0 Å². The van der Waals surface area contributed by atoms with Crippen LogP contribution in [-0.4, -0.2) is 34.4 Å². The third-order valence-electron chi connectivity index (χ3n) is 2.96.